The Morgan fingerprint density at radius 3 is 2.38 bits per heavy atom. The van der Waals surface area contributed by atoms with E-state index in [0.29, 0.717) is 11.7 Å². The number of carboxylic acid groups (broad SMARTS) is 1. The number of Topliss-reactive ketones (excluding diaryl/α,β-unsaturated/α-hetero) is 1. The number of hydrogen-bond acceptors (Lipinski definition) is 3. The highest BCUT2D eigenvalue weighted by atomic mass is 16.4. The summed E-state index contributed by atoms with van der Waals surface area (Å²) in [6.07, 6.45) is 0.214. The molecule has 136 valence electrons. The molecular formula is C21H23NO4. The maximum atomic E-state index is 12.7. The molecule has 0 saturated heterocycles. The lowest BCUT2D eigenvalue weighted by Gasteiger charge is -2.07. The van der Waals surface area contributed by atoms with Gasteiger partial charge in [0.05, 0.1) is 0 Å². The topological polar surface area (TPSA) is 83.3 Å². The molecule has 0 fully saturated rings. The van der Waals surface area contributed by atoms with Crippen molar-refractivity contribution in [2.75, 3.05) is 0 Å². The van der Waals surface area contributed by atoms with Gasteiger partial charge in [-0.3, -0.25) is 4.79 Å². The molecule has 3 aromatic rings. The van der Waals surface area contributed by atoms with Crippen LogP contribution in [0.4, 0.5) is 0 Å². The third-order valence-corrected chi connectivity index (χ3v) is 4.49. The number of H-pyrrole nitrogens is 1. The van der Waals surface area contributed by atoms with Crippen molar-refractivity contribution >= 4 is 22.7 Å². The van der Waals surface area contributed by atoms with E-state index in [2.05, 4.69) is 32.7 Å². The minimum atomic E-state index is -1.00. The van der Waals surface area contributed by atoms with Crippen molar-refractivity contribution in [2.45, 2.75) is 46.0 Å². The molecule has 1 aromatic carbocycles. The molecule has 0 unspecified atom stereocenters. The number of aromatic amines is 1. The number of nitrogens with one attached hydrogen (secondary N) is 1. The fourth-order valence-electron chi connectivity index (χ4n) is 3.14. The van der Waals surface area contributed by atoms with Gasteiger partial charge in [0.15, 0.2) is 5.76 Å². The van der Waals surface area contributed by atoms with Crippen LogP contribution in [0.3, 0.4) is 0 Å². The first-order valence-electron chi connectivity index (χ1n) is 8.78. The van der Waals surface area contributed by atoms with Gasteiger partial charge in [0, 0.05) is 23.2 Å². The first kappa shape index (κ1) is 18.0. The van der Waals surface area contributed by atoms with Gasteiger partial charge in [0.2, 0.25) is 5.78 Å². The van der Waals surface area contributed by atoms with E-state index in [4.69, 9.17) is 9.52 Å². The van der Waals surface area contributed by atoms with Crippen LogP contribution >= 0.6 is 0 Å². The normalized spacial score (nSPS) is 11.6. The average molecular weight is 353 g/mol. The number of rotatable bonds is 6. The second-order valence-corrected chi connectivity index (χ2v) is 7.25. The molecule has 26 heavy (non-hydrogen) atoms. The molecule has 0 spiro atoms. The summed E-state index contributed by atoms with van der Waals surface area (Å²) < 4.78 is 5.86. The van der Waals surface area contributed by atoms with Gasteiger partial charge in [0.25, 0.3) is 0 Å². The molecule has 0 aliphatic heterocycles. The summed E-state index contributed by atoms with van der Waals surface area (Å²) in [6.45, 7) is 8.29. The van der Waals surface area contributed by atoms with Crippen molar-refractivity contribution < 1.29 is 19.1 Å². The zero-order valence-corrected chi connectivity index (χ0v) is 15.4. The highest BCUT2D eigenvalue weighted by Gasteiger charge is 2.21. The molecule has 2 N–H and O–H groups in total. The Balaban J connectivity index is 1.86. The minimum Gasteiger partial charge on any atom is -0.477 e. The van der Waals surface area contributed by atoms with Crippen LogP contribution in [0.25, 0.3) is 10.9 Å². The van der Waals surface area contributed by atoms with E-state index >= 15 is 0 Å². The van der Waals surface area contributed by atoms with Crippen LogP contribution in [0.2, 0.25) is 0 Å². The van der Waals surface area contributed by atoms with E-state index in [1.54, 1.807) is 12.1 Å². The number of carbonyl (C=O) groups is 2. The summed E-state index contributed by atoms with van der Waals surface area (Å²) in [5.74, 6) is 0.695. The number of furan rings is 1. The molecule has 0 saturated carbocycles. The van der Waals surface area contributed by atoms with Crippen LogP contribution in [-0.2, 0) is 6.42 Å². The van der Waals surface area contributed by atoms with Gasteiger partial charge < -0.3 is 14.5 Å². The second-order valence-electron chi connectivity index (χ2n) is 7.25. The maximum absolute atomic E-state index is 12.7. The molecule has 0 aliphatic carbocycles. The van der Waals surface area contributed by atoms with Crippen LogP contribution in [0, 0.1) is 0 Å². The Morgan fingerprint density at radius 2 is 1.81 bits per heavy atom. The van der Waals surface area contributed by atoms with Crippen molar-refractivity contribution in [3.63, 3.8) is 0 Å². The first-order valence-corrected chi connectivity index (χ1v) is 8.78. The van der Waals surface area contributed by atoms with E-state index in [0.717, 1.165) is 27.8 Å². The largest absolute Gasteiger partial charge is 0.477 e. The molecule has 2 heterocycles. The lowest BCUT2D eigenvalue weighted by molar-refractivity contribution is 0.0691. The molecule has 0 amide bonds. The molecule has 0 aliphatic rings. The number of fused-ring (bicyclic) bond motifs is 1. The van der Waals surface area contributed by atoms with Gasteiger partial charge >= 0.3 is 5.97 Å². The van der Waals surface area contributed by atoms with Crippen LogP contribution in [0.5, 0.6) is 0 Å². The zero-order chi connectivity index (χ0) is 19.0. The van der Waals surface area contributed by atoms with Crippen molar-refractivity contribution in [2.24, 2.45) is 0 Å². The van der Waals surface area contributed by atoms with Crippen LogP contribution in [0.1, 0.15) is 77.5 Å². The third kappa shape index (κ3) is 3.43. The molecule has 5 nitrogen and oxygen atoms in total. The molecule has 5 heteroatoms. The monoisotopic (exact) mass is 353 g/mol. The summed E-state index contributed by atoms with van der Waals surface area (Å²) in [7, 11) is 0. The summed E-state index contributed by atoms with van der Waals surface area (Å²) in [5, 5.41) is 9.85. The standard InChI is InChI=1S/C21H23NO4/c1-11(2)15-10-19(26-20(15)12(3)4)18(23)8-13-5-6-16-14(7-13)9-17(22-16)21(24)25/h5-7,9-12,22H,8H2,1-4H3,(H,24,25). The predicted octanol–water partition coefficient (Wildman–Crippen LogP) is 5.13. The Labute approximate surface area is 152 Å². The maximum Gasteiger partial charge on any atom is 0.352 e. The third-order valence-electron chi connectivity index (χ3n) is 4.49. The second kappa shape index (κ2) is 6.83. The Bertz CT molecular complexity index is 950. The van der Waals surface area contributed by atoms with Crippen LogP contribution in [-0.4, -0.2) is 21.8 Å². The highest BCUT2D eigenvalue weighted by molar-refractivity contribution is 5.97. The van der Waals surface area contributed by atoms with Gasteiger partial charge in [-0.25, -0.2) is 4.79 Å². The van der Waals surface area contributed by atoms with E-state index in [1.165, 1.54) is 0 Å². The minimum absolute atomic E-state index is 0.0767. The smallest absolute Gasteiger partial charge is 0.352 e. The van der Waals surface area contributed by atoms with E-state index < -0.39 is 5.97 Å². The molecular weight excluding hydrogens is 330 g/mol. The molecule has 3 rings (SSSR count). The van der Waals surface area contributed by atoms with Gasteiger partial charge in [-0.05, 0) is 41.3 Å². The van der Waals surface area contributed by atoms with E-state index in [9.17, 15) is 9.59 Å². The Kier molecular flexibility index (Phi) is 4.72. The SMILES string of the molecule is CC(C)c1cc(C(=O)Cc2ccc3[nH]c(C(=O)O)cc3c2)oc1C(C)C. The summed E-state index contributed by atoms with van der Waals surface area (Å²) >= 11 is 0. The van der Waals surface area contributed by atoms with Crippen LogP contribution in [0.15, 0.2) is 34.7 Å². The Hall–Kier alpha value is -2.82. The van der Waals surface area contributed by atoms with Gasteiger partial charge in [-0.2, -0.15) is 0 Å². The number of carbonyl (C=O) groups excluding carboxylic acids is 1. The van der Waals surface area contributed by atoms with Crippen molar-refractivity contribution in [3.8, 4) is 0 Å². The number of benzene rings is 1. The number of carboxylic acids is 1. The molecule has 0 radical (unpaired) electrons. The molecule has 2 aromatic heterocycles. The predicted molar refractivity (Wildman–Crippen MR) is 100 cm³/mol. The average Bonchev–Trinajstić information content (AvgIpc) is 3.19. The number of aromatic nitrogens is 1. The summed E-state index contributed by atoms with van der Waals surface area (Å²) in [5.41, 5.74) is 2.78. The van der Waals surface area contributed by atoms with Crippen molar-refractivity contribution in [1.82, 2.24) is 4.98 Å². The first-order chi connectivity index (χ1) is 12.3. The highest BCUT2D eigenvalue weighted by Crippen LogP contribution is 2.30. The summed E-state index contributed by atoms with van der Waals surface area (Å²) in [6, 6.07) is 8.90. The molecule has 0 atom stereocenters. The van der Waals surface area contributed by atoms with Gasteiger partial charge in [-0.1, -0.05) is 33.8 Å². The fourth-order valence-corrected chi connectivity index (χ4v) is 3.14. The quantitative estimate of drug-likeness (QED) is 0.602. The lowest BCUT2D eigenvalue weighted by atomic mass is 9.97. The number of aromatic carboxylic acids is 1. The molecule has 0 bridgehead atoms. The number of hydrogen-bond donors (Lipinski definition) is 2. The fraction of sp³-hybridized carbons (Fsp3) is 0.333. The van der Waals surface area contributed by atoms with Gasteiger partial charge in [0.1, 0.15) is 11.5 Å². The van der Waals surface area contributed by atoms with E-state index in [-0.39, 0.29) is 23.8 Å². The lowest BCUT2D eigenvalue weighted by Crippen LogP contribution is -2.02. The summed E-state index contributed by atoms with van der Waals surface area (Å²) in [4.78, 5) is 26.6. The van der Waals surface area contributed by atoms with Crippen LogP contribution < -0.4 is 0 Å². The van der Waals surface area contributed by atoms with Gasteiger partial charge in [-0.15, -0.1) is 0 Å². The zero-order valence-electron chi connectivity index (χ0n) is 15.4. The van der Waals surface area contributed by atoms with Crippen molar-refractivity contribution in [3.05, 3.63) is 58.7 Å². The van der Waals surface area contributed by atoms with E-state index in [1.807, 2.05) is 18.2 Å². The van der Waals surface area contributed by atoms with Crippen molar-refractivity contribution in [1.29, 1.82) is 0 Å². The Morgan fingerprint density at radius 1 is 1.08 bits per heavy atom. The number of ketones is 1.